The molecule has 0 heterocycles. The highest BCUT2D eigenvalue weighted by molar-refractivity contribution is 14.1. The fourth-order valence-electron chi connectivity index (χ4n) is 4.39. The first-order valence-electron chi connectivity index (χ1n) is 16.4. The SMILES string of the molecule is CCOC(=O)c1cc([N+](=O)[O-])ccc1Cc1ccccc1.CCOC(=O)c1cc([N+](=O)[O-])ccc1I.CCc1ccccc1.O=C(O)c1ccccc1I. The molecule has 12 nitrogen and oxygen atoms in total. The van der Waals surface area contributed by atoms with E-state index >= 15 is 0 Å². The number of benzene rings is 5. The molecule has 0 aliphatic rings. The van der Waals surface area contributed by atoms with Crippen LogP contribution in [0.15, 0.2) is 121 Å². The van der Waals surface area contributed by atoms with Crippen molar-refractivity contribution in [2.45, 2.75) is 33.6 Å². The van der Waals surface area contributed by atoms with E-state index in [9.17, 15) is 34.6 Å². The van der Waals surface area contributed by atoms with E-state index in [2.05, 4.69) is 31.2 Å². The molecule has 5 aromatic rings. The van der Waals surface area contributed by atoms with Gasteiger partial charge in [0.05, 0.1) is 39.8 Å². The first kappa shape index (κ1) is 44.9. The maximum Gasteiger partial charge on any atom is 0.339 e. The number of nitrogens with zero attached hydrogens (tertiary/aromatic N) is 2. The second-order valence-electron chi connectivity index (χ2n) is 10.7. The molecular weight excluding hydrogens is 922 g/mol. The number of nitro benzene ring substituents is 2. The Kier molecular flexibility index (Phi) is 20.1. The van der Waals surface area contributed by atoms with Gasteiger partial charge < -0.3 is 14.6 Å². The van der Waals surface area contributed by atoms with E-state index in [-0.39, 0.29) is 35.7 Å². The third-order valence-electron chi connectivity index (χ3n) is 7.05. The van der Waals surface area contributed by atoms with Crippen molar-refractivity contribution in [3.05, 3.63) is 182 Å². The summed E-state index contributed by atoms with van der Waals surface area (Å²) in [7, 11) is 0. The van der Waals surface area contributed by atoms with Crippen LogP contribution in [0, 0.1) is 27.4 Å². The lowest BCUT2D eigenvalue weighted by molar-refractivity contribution is -0.385. The number of hydrogen-bond donors (Lipinski definition) is 1. The number of hydrogen-bond acceptors (Lipinski definition) is 9. The van der Waals surface area contributed by atoms with E-state index in [1.54, 1.807) is 38.1 Å². The van der Waals surface area contributed by atoms with Gasteiger partial charge in [-0.3, -0.25) is 20.2 Å². The van der Waals surface area contributed by atoms with Gasteiger partial charge in [-0.05, 0) is 107 Å². The quantitative estimate of drug-likeness (QED) is 0.0614. The Hall–Kier alpha value is -5.23. The average Bonchev–Trinajstić information content (AvgIpc) is 3.16. The molecule has 1 N–H and O–H groups in total. The number of esters is 2. The van der Waals surface area contributed by atoms with Gasteiger partial charge in [0.15, 0.2) is 0 Å². The molecule has 0 aliphatic carbocycles. The van der Waals surface area contributed by atoms with E-state index in [1.165, 1.54) is 35.9 Å². The van der Waals surface area contributed by atoms with Crippen LogP contribution in [0.5, 0.6) is 0 Å². The second kappa shape index (κ2) is 24.2. The fourth-order valence-corrected chi connectivity index (χ4v) is 5.56. The molecule has 0 saturated heterocycles. The standard InChI is InChI=1S/C16H15NO4.C9H8INO4.C8H10.C7H5IO2/c1-2-21-16(18)15-11-14(17(19)20)9-8-13(15)10-12-6-4-3-5-7-12;1-2-15-9(12)7-5-6(11(13)14)3-4-8(7)10;1-2-8-6-4-3-5-7-8;8-6-4-2-1-3-5(6)7(9)10/h3-9,11H,2,10H2,1H3;3-5H,2H2,1H3;3-7H,2H2,1H3;1-4H,(H,9,10). The van der Waals surface area contributed by atoms with Gasteiger partial charge in [0.2, 0.25) is 0 Å². The molecule has 5 aromatic carbocycles. The Labute approximate surface area is 340 Å². The highest BCUT2D eigenvalue weighted by atomic mass is 127. The Bertz CT molecular complexity index is 2010. The van der Waals surface area contributed by atoms with Gasteiger partial charge in [0, 0.05) is 31.4 Å². The summed E-state index contributed by atoms with van der Waals surface area (Å²) < 4.78 is 11.2. The predicted octanol–water partition coefficient (Wildman–Crippen LogP) is 9.98. The van der Waals surface area contributed by atoms with Crippen molar-refractivity contribution in [2.75, 3.05) is 13.2 Å². The Morgan fingerprint density at radius 1 is 0.593 bits per heavy atom. The number of rotatable bonds is 10. The summed E-state index contributed by atoms with van der Waals surface area (Å²) in [5.41, 5.74) is 3.76. The first-order chi connectivity index (χ1) is 25.8. The second-order valence-corrected chi connectivity index (χ2v) is 13.1. The zero-order valence-corrected chi connectivity index (χ0v) is 34.0. The van der Waals surface area contributed by atoms with E-state index < -0.39 is 27.8 Å². The molecule has 0 radical (unpaired) electrons. The average molecular weight is 961 g/mol. The van der Waals surface area contributed by atoms with Crippen molar-refractivity contribution in [2.24, 2.45) is 0 Å². The normalized spacial score (nSPS) is 9.72. The van der Waals surface area contributed by atoms with Crippen LogP contribution >= 0.6 is 45.2 Å². The van der Waals surface area contributed by atoms with Crippen molar-refractivity contribution in [1.82, 2.24) is 0 Å². The number of ether oxygens (including phenoxy) is 2. The van der Waals surface area contributed by atoms with Crippen molar-refractivity contribution in [1.29, 1.82) is 0 Å². The van der Waals surface area contributed by atoms with Crippen LogP contribution in [0.1, 0.15) is 68.5 Å². The number of halogens is 2. The van der Waals surface area contributed by atoms with E-state index in [1.807, 2.05) is 87.6 Å². The molecule has 0 atom stereocenters. The molecule has 0 spiro atoms. The minimum absolute atomic E-state index is 0.113. The molecular formula is C40H38I2N2O10. The number of carboxylic acid groups (broad SMARTS) is 1. The summed E-state index contributed by atoms with van der Waals surface area (Å²) in [5, 5.41) is 29.9. The third-order valence-corrected chi connectivity index (χ3v) is 8.93. The summed E-state index contributed by atoms with van der Waals surface area (Å²) in [6, 6.07) is 35.3. The lowest BCUT2D eigenvalue weighted by Gasteiger charge is -2.09. The summed E-state index contributed by atoms with van der Waals surface area (Å²) in [6.07, 6.45) is 1.66. The Morgan fingerprint density at radius 2 is 1.04 bits per heavy atom. The highest BCUT2D eigenvalue weighted by Crippen LogP contribution is 2.22. The summed E-state index contributed by atoms with van der Waals surface area (Å²) in [4.78, 5) is 54.1. The van der Waals surface area contributed by atoms with Crippen LogP contribution in [0.2, 0.25) is 0 Å². The zero-order valence-electron chi connectivity index (χ0n) is 29.6. The highest BCUT2D eigenvalue weighted by Gasteiger charge is 2.18. The van der Waals surface area contributed by atoms with Crippen LogP contribution in [0.3, 0.4) is 0 Å². The van der Waals surface area contributed by atoms with Gasteiger partial charge in [-0.15, -0.1) is 0 Å². The van der Waals surface area contributed by atoms with Crippen LogP contribution in [-0.4, -0.2) is 46.1 Å². The fraction of sp³-hybridized carbons (Fsp3) is 0.175. The first-order valence-corrected chi connectivity index (χ1v) is 18.6. The number of carbonyl (C=O) groups excluding carboxylic acids is 2. The van der Waals surface area contributed by atoms with Gasteiger partial charge in [-0.2, -0.15) is 0 Å². The number of aryl methyl sites for hydroxylation is 1. The van der Waals surface area contributed by atoms with Crippen molar-refractivity contribution < 1.29 is 38.8 Å². The van der Waals surface area contributed by atoms with E-state index in [0.29, 0.717) is 21.1 Å². The summed E-state index contributed by atoms with van der Waals surface area (Å²) in [6.45, 7) is 6.02. The van der Waals surface area contributed by atoms with Crippen molar-refractivity contribution >= 4 is 74.5 Å². The van der Waals surface area contributed by atoms with Gasteiger partial charge in [-0.1, -0.05) is 85.8 Å². The zero-order chi connectivity index (χ0) is 40.0. The molecule has 5 rings (SSSR count). The summed E-state index contributed by atoms with van der Waals surface area (Å²) >= 11 is 3.93. The van der Waals surface area contributed by atoms with Gasteiger partial charge in [-0.25, -0.2) is 14.4 Å². The molecule has 0 bridgehead atoms. The maximum atomic E-state index is 12.0. The minimum Gasteiger partial charge on any atom is -0.478 e. The molecule has 54 heavy (non-hydrogen) atoms. The Morgan fingerprint density at radius 3 is 1.48 bits per heavy atom. The molecule has 0 saturated carbocycles. The lowest BCUT2D eigenvalue weighted by atomic mass is 9.99. The van der Waals surface area contributed by atoms with Gasteiger partial charge in [0.1, 0.15) is 0 Å². The van der Waals surface area contributed by atoms with Gasteiger partial charge >= 0.3 is 17.9 Å². The summed E-state index contributed by atoms with van der Waals surface area (Å²) in [5.74, 6) is -1.94. The molecule has 0 aromatic heterocycles. The van der Waals surface area contributed by atoms with E-state index in [0.717, 1.165) is 15.6 Å². The van der Waals surface area contributed by atoms with Crippen molar-refractivity contribution in [3.63, 3.8) is 0 Å². The van der Waals surface area contributed by atoms with Crippen molar-refractivity contribution in [3.8, 4) is 0 Å². The third kappa shape index (κ3) is 15.4. The predicted molar refractivity (Wildman–Crippen MR) is 222 cm³/mol. The lowest BCUT2D eigenvalue weighted by Crippen LogP contribution is -2.09. The van der Waals surface area contributed by atoms with Crippen LogP contribution in [0.25, 0.3) is 0 Å². The van der Waals surface area contributed by atoms with Crippen LogP contribution < -0.4 is 0 Å². The van der Waals surface area contributed by atoms with Crippen LogP contribution in [0.4, 0.5) is 11.4 Å². The molecule has 0 aliphatic heterocycles. The largest absolute Gasteiger partial charge is 0.478 e. The number of non-ortho nitro benzene ring substituents is 2. The van der Waals surface area contributed by atoms with Gasteiger partial charge in [0.25, 0.3) is 11.4 Å². The number of nitro groups is 2. The number of carbonyl (C=O) groups is 3. The molecule has 0 fully saturated rings. The molecule has 282 valence electrons. The number of aromatic carboxylic acids is 1. The number of carboxylic acids is 1. The minimum atomic E-state index is -0.870. The van der Waals surface area contributed by atoms with Crippen LogP contribution in [-0.2, 0) is 22.3 Å². The molecule has 0 unspecified atom stereocenters. The maximum absolute atomic E-state index is 12.0. The molecule has 0 amide bonds. The smallest absolute Gasteiger partial charge is 0.339 e. The monoisotopic (exact) mass is 960 g/mol. The van der Waals surface area contributed by atoms with E-state index in [4.69, 9.17) is 14.6 Å². The molecule has 14 heteroatoms. The topological polar surface area (TPSA) is 176 Å². The Balaban J connectivity index is 0.000000266.